The van der Waals surface area contributed by atoms with Crippen molar-refractivity contribution in [3.05, 3.63) is 60.2 Å². The van der Waals surface area contributed by atoms with Gasteiger partial charge >= 0.3 is 0 Å². The molecule has 0 saturated heterocycles. The van der Waals surface area contributed by atoms with Crippen LogP contribution in [0.25, 0.3) is 32.3 Å². The normalized spacial score (nSPS) is 12.2. The van der Waals surface area contributed by atoms with Gasteiger partial charge in [-0.1, -0.05) is 53.7 Å². The van der Waals surface area contributed by atoms with Crippen LogP contribution in [0.2, 0.25) is 0 Å². The first-order valence-electron chi connectivity index (χ1n) is 6.22. The fourth-order valence-electron chi connectivity index (χ4n) is 2.96. The quantitative estimate of drug-likeness (QED) is 0.229. The zero-order chi connectivity index (χ0) is 12.8. The van der Waals surface area contributed by atoms with Crippen LogP contribution in [0, 0.1) is 0 Å². The summed E-state index contributed by atoms with van der Waals surface area (Å²) >= 11 is 0. The molecule has 0 bridgehead atoms. The van der Waals surface area contributed by atoms with Gasteiger partial charge in [0.25, 0.3) is 0 Å². The molecule has 2 nitrogen and oxygen atoms in total. The Balaban J connectivity index is 2.39. The molecule has 0 unspecified atom stereocenters. The molecule has 4 aromatic rings. The lowest BCUT2D eigenvalue weighted by Crippen LogP contribution is -1.89. The summed E-state index contributed by atoms with van der Waals surface area (Å²) in [5.41, 5.74) is 0.944. The van der Waals surface area contributed by atoms with Crippen LogP contribution in [0.15, 0.2) is 59.8 Å². The van der Waals surface area contributed by atoms with Gasteiger partial charge in [-0.3, -0.25) is 0 Å². The topological polar surface area (TPSA) is 32.6 Å². The molecule has 4 rings (SSSR count). The van der Waals surface area contributed by atoms with Crippen LogP contribution < -0.4 is 0 Å². The summed E-state index contributed by atoms with van der Waals surface area (Å²) in [4.78, 5) is 0. The average molecular weight is 245 g/mol. The lowest BCUT2D eigenvalue weighted by atomic mass is 9.92. The minimum Gasteiger partial charge on any atom is -0.411 e. The Bertz CT molecular complexity index is 924. The van der Waals surface area contributed by atoms with E-state index in [0.29, 0.717) is 0 Å². The molecular formula is C17H11NO. The van der Waals surface area contributed by atoms with Crippen molar-refractivity contribution in [1.82, 2.24) is 0 Å². The maximum atomic E-state index is 8.84. The van der Waals surface area contributed by atoms with Crippen molar-refractivity contribution in [2.24, 2.45) is 5.16 Å². The van der Waals surface area contributed by atoms with Gasteiger partial charge in [0.2, 0.25) is 0 Å². The van der Waals surface area contributed by atoms with Crippen molar-refractivity contribution in [2.45, 2.75) is 0 Å². The van der Waals surface area contributed by atoms with Crippen molar-refractivity contribution in [3.63, 3.8) is 0 Å². The second-order valence-corrected chi connectivity index (χ2v) is 4.76. The second-order valence-electron chi connectivity index (χ2n) is 4.76. The molecule has 4 aromatic carbocycles. The molecule has 0 spiro atoms. The highest BCUT2D eigenvalue weighted by Gasteiger charge is 2.10. The predicted molar refractivity (Wildman–Crippen MR) is 79.5 cm³/mol. The fraction of sp³-hybridized carbons (Fsp3) is 0. The van der Waals surface area contributed by atoms with Gasteiger partial charge in [-0.25, -0.2) is 0 Å². The zero-order valence-corrected chi connectivity index (χ0v) is 10.2. The molecule has 0 amide bonds. The second kappa shape index (κ2) is 3.69. The first kappa shape index (κ1) is 10.3. The minimum atomic E-state index is 0.944. The van der Waals surface area contributed by atoms with Crippen LogP contribution in [0.1, 0.15) is 5.56 Å². The minimum absolute atomic E-state index is 0.944. The first-order valence-corrected chi connectivity index (χ1v) is 6.22. The molecule has 0 aliphatic carbocycles. The van der Waals surface area contributed by atoms with Gasteiger partial charge in [0, 0.05) is 5.56 Å². The third kappa shape index (κ3) is 1.34. The molecule has 0 aliphatic heterocycles. The SMILES string of the molecule is O/N=C/c1cc2cccc3ccc4cccc1c4c32. The summed E-state index contributed by atoms with van der Waals surface area (Å²) in [6, 6.07) is 18.9. The van der Waals surface area contributed by atoms with E-state index in [2.05, 4.69) is 53.7 Å². The van der Waals surface area contributed by atoms with Gasteiger partial charge in [-0.05, 0) is 38.4 Å². The molecule has 90 valence electrons. The average Bonchev–Trinajstić information content (AvgIpc) is 2.46. The van der Waals surface area contributed by atoms with Crippen molar-refractivity contribution in [1.29, 1.82) is 0 Å². The summed E-state index contributed by atoms with van der Waals surface area (Å²) in [6.07, 6.45) is 1.50. The van der Waals surface area contributed by atoms with Crippen molar-refractivity contribution in [3.8, 4) is 0 Å². The van der Waals surface area contributed by atoms with Crippen molar-refractivity contribution >= 4 is 38.5 Å². The molecule has 1 N–H and O–H groups in total. The highest BCUT2D eigenvalue weighted by atomic mass is 16.4. The monoisotopic (exact) mass is 245 g/mol. The van der Waals surface area contributed by atoms with E-state index in [-0.39, 0.29) is 0 Å². The Kier molecular flexibility index (Phi) is 2.00. The van der Waals surface area contributed by atoms with Crippen LogP contribution in [0.4, 0.5) is 0 Å². The van der Waals surface area contributed by atoms with Gasteiger partial charge in [0.05, 0.1) is 6.21 Å². The highest BCUT2D eigenvalue weighted by molar-refractivity contribution is 6.26. The van der Waals surface area contributed by atoms with Crippen molar-refractivity contribution < 1.29 is 5.21 Å². The van der Waals surface area contributed by atoms with E-state index in [1.165, 1.54) is 33.1 Å². The van der Waals surface area contributed by atoms with Crippen LogP contribution in [-0.2, 0) is 0 Å². The summed E-state index contributed by atoms with van der Waals surface area (Å²) in [5.74, 6) is 0. The smallest absolute Gasteiger partial charge is 0.0740 e. The maximum Gasteiger partial charge on any atom is 0.0740 e. The van der Waals surface area contributed by atoms with Crippen LogP contribution in [-0.4, -0.2) is 11.4 Å². The van der Waals surface area contributed by atoms with Crippen LogP contribution >= 0.6 is 0 Å². The summed E-state index contributed by atoms with van der Waals surface area (Å²) in [5, 5.41) is 19.3. The fourth-order valence-corrected chi connectivity index (χ4v) is 2.96. The molecule has 0 radical (unpaired) electrons. The highest BCUT2D eigenvalue weighted by Crippen LogP contribution is 2.35. The zero-order valence-electron chi connectivity index (χ0n) is 10.2. The van der Waals surface area contributed by atoms with Gasteiger partial charge in [-0.2, -0.15) is 0 Å². The molecule has 0 aromatic heterocycles. The Morgan fingerprint density at radius 2 is 1.47 bits per heavy atom. The van der Waals surface area contributed by atoms with Gasteiger partial charge in [-0.15, -0.1) is 0 Å². The van der Waals surface area contributed by atoms with Crippen LogP contribution in [0.5, 0.6) is 0 Å². The summed E-state index contributed by atoms with van der Waals surface area (Å²) in [6.45, 7) is 0. The van der Waals surface area contributed by atoms with Crippen molar-refractivity contribution in [2.75, 3.05) is 0 Å². The number of nitrogens with zero attached hydrogens (tertiary/aromatic N) is 1. The number of hydrogen-bond donors (Lipinski definition) is 1. The third-order valence-electron chi connectivity index (χ3n) is 3.74. The Labute approximate surface area is 109 Å². The third-order valence-corrected chi connectivity index (χ3v) is 3.74. The Hall–Kier alpha value is -2.61. The molecule has 0 heterocycles. The van der Waals surface area contributed by atoms with E-state index in [9.17, 15) is 0 Å². The molecule has 0 atom stereocenters. The summed E-state index contributed by atoms with van der Waals surface area (Å²) in [7, 11) is 0. The number of oxime groups is 1. The van der Waals surface area contributed by atoms with E-state index in [1.54, 1.807) is 0 Å². The molecule has 0 fully saturated rings. The molecule has 19 heavy (non-hydrogen) atoms. The standard InChI is InChI=1S/C17H11NO/c19-18-10-14-9-13-5-1-3-11-7-8-12-4-2-6-15(14)17(12)16(11)13/h1-10,19H/b18-10+. The molecule has 0 aliphatic rings. The molecule has 0 saturated carbocycles. The first-order chi connectivity index (χ1) is 9.38. The largest absolute Gasteiger partial charge is 0.411 e. The van der Waals surface area contributed by atoms with Gasteiger partial charge in [0.1, 0.15) is 0 Å². The number of benzene rings is 4. The van der Waals surface area contributed by atoms with E-state index < -0.39 is 0 Å². The van der Waals surface area contributed by atoms with Crippen LogP contribution in [0.3, 0.4) is 0 Å². The summed E-state index contributed by atoms with van der Waals surface area (Å²) < 4.78 is 0. The van der Waals surface area contributed by atoms with E-state index in [0.717, 1.165) is 10.9 Å². The number of rotatable bonds is 1. The number of hydrogen-bond acceptors (Lipinski definition) is 2. The van der Waals surface area contributed by atoms with Gasteiger partial charge < -0.3 is 5.21 Å². The molecule has 2 heteroatoms. The lowest BCUT2D eigenvalue weighted by Gasteiger charge is -2.12. The maximum absolute atomic E-state index is 8.84. The van der Waals surface area contributed by atoms with E-state index in [4.69, 9.17) is 5.21 Å². The van der Waals surface area contributed by atoms with E-state index in [1.807, 2.05) is 6.07 Å². The lowest BCUT2D eigenvalue weighted by molar-refractivity contribution is 0.322. The van der Waals surface area contributed by atoms with E-state index >= 15 is 0 Å². The molecular weight excluding hydrogens is 234 g/mol. The Morgan fingerprint density at radius 3 is 2.26 bits per heavy atom. The Morgan fingerprint density at radius 1 is 0.789 bits per heavy atom. The van der Waals surface area contributed by atoms with Gasteiger partial charge in [0.15, 0.2) is 0 Å². The predicted octanol–water partition coefficient (Wildman–Crippen LogP) is 4.39.